The molecule has 1 aliphatic heterocycles. The molecule has 0 spiro atoms. The number of carbonyl (C=O) groups excluding carboxylic acids is 3. The highest BCUT2D eigenvalue weighted by molar-refractivity contribution is 5.70. The summed E-state index contributed by atoms with van der Waals surface area (Å²) in [5.74, 6) is 0. The van der Waals surface area contributed by atoms with Crippen LogP contribution in [0, 0.1) is 0 Å². The van der Waals surface area contributed by atoms with E-state index < -0.39 is 29.9 Å². The molecule has 0 bridgehead atoms. The first kappa shape index (κ1) is 22.7. The summed E-state index contributed by atoms with van der Waals surface area (Å²) in [5, 5.41) is 5.57. The molecule has 2 aliphatic rings. The summed E-state index contributed by atoms with van der Waals surface area (Å²) in [6.07, 6.45) is -0.403. The van der Waals surface area contributed by atoms with Gasteiger partial charge in [-0.25, -0.2) is 14.4 Å². The van der Waals surface area contributed by atoms with Gasteiger partial charge in [-0.2, -0.15) is 0 Å². The zero-order chi connectivity index (χ0) is 22.4. The Balaban J connectivity index is 1.61. The standard InChI is InChI=1S/C22H31N3O6/c1-22(2,3)31-20(27)24-17-13-16(25-11-12-29-21(25)28)9-10-18(17)30-19(26)23-14-15-7-5-4-6-8-15/h4-8,16-18H,9-14H2,1-3H3,(H,23,26)(H,24,27). The quantitative estimate of drug-likeness (QED) is 0.691. The first-order valence-electron chi connectivity index (χ1n) is 10.6. The van der Waals surface area contributed by atoms with E-state index in [1.165, 1.54) is 0 Å². The monoisotopic (exact) mass is 433 g/mol. The molecule has 3 unspecified atom stereocenters. The van der Waals surface area contributed by atoms with E-state index in [0.717, 1.165) is 5.56 Å². The van der Waals surface area contributed by atoms with Crippen molar-refractivity contribution in [2.45, 2.75) is 70.4 Å². The van der Waals surface area contributed by atoms with Gasteiger partial charge in [-0.15, -0.1) is 0 Å². The van der Waals surface area contributed by atoms with E-state index in [4.69, 9.17) is 14.2 Å². The van der Waals surface area contributed by atoms with Gasteiger partial charge >= 0.3 is 18.3 Å². The lowest BCUT2D eigenvalue weighted by molar-refractivity contribution is 0.0162. The van der Waals surface area contributed by atoms with Crippen molar-refractivity contribution < 1.29 is 28.6 Å². The number of hydrogen-bond acceptors (Lipinski definition) is 6. The number of amides is 3. The maximum atomic E-state index is 12.4. The Morgan fingerprint density at radius 2 is 1.90 bits per heavy atom. The van der Waals surface area contributed by atoms with Gasteiger partial charge in [0.25, 0.3) is 0 Å². The maximum Gasteiger partial charge on any atom is 0.410 e. The SMILES string of the molecule is CC(C)(C)OC(=O)NC1CC(N2CCOC2=O)CCC1OC(=O)NCc1ccccc1. The molecule has 3 rings (SSSR count). The van der Waals surface area contributed by atoms with Gasteiger partial charge in [-0.05, 0) is 45.6 Å². The molecule has 1 saturated carbocycles. The molecule has 0 aromatic heterocycles. The predicted octanol–water partition coefficient (Wildman–Crippen LogP) is 3.18. The molecule has 1 saturated heterocycles. The van der Waals surface area contributed by atoms with Crippen LogP contribution in [-0.4, -0.2) is 60.1 Å². The molecule has 1 aliphatic carbocycles. The Hall–Kier alpha value is -2.97. The van der Waals surface area contributed by atoms with Gasteiger partial charge in [0, 0.05) is 12.6 Å². The van der Waals surface area contributed by atoms with E-state index in [1.807, 2.05) is 30.3 Å². The summed E-state index contributed by atoms with van der Waals surface area (Å²) in [6, 6.07) is 8.94. The van der Waals surface area contributed by atoms with E-state index in [2.05, 4.69) is 10.6 Å². The lowest BCUT2D eigenvalue weighted by atomic mass is 9.87. The molecule has 0 radical (unpaired) electrons. The molecule has 3 atom stereocenters. The van der Waals surface area contributed by atoms with Crippen molar-refractivity contribution in [1.82, 2.24) is 15.5 Å². The van der Waals surface area contributed by atoms with Crippen molar-refractivity contribution >= 4 is 18.3 Å². The van der Waals surface area contributed by atoms with Gasteiger partial charge < -0.3 is 29.7 Å². The maximum absolute atomic E-state index is 12.4. The molecular formula is C22H31N3O6. The third-order valence-corrected chi connectivity index (χ3v) is 5.23. The largest absolute Gasteiger partial charge is 0.448 e. The summed E-state index contributed by atoms with van der Waals surface area (Å²) in [5.41, 5.74) is 0.305. The summed E-state index contributed by atoms with van der Waals surface area (Å²) in [6.45, 7) is 6.57. The fourth-order valence-electron chi connectivity index (χ4n) is 3.84. The fraction of sp³-hybridized carbons (Fsp3) is 0.591. The molecule has 3 amide bonds. The van der Waals surface area contributed by atoms with Gasteiger partial charge in [0.2, 0.25) is 0 Å². The summed E-state index contributed by atoms with van der Waals surface area (Å²) < 4.78 is 16.1. The number of benzene rings is 1. The molecule has 9 heteroatoms. The Bertz CT molecular complexity index is 779. The van der Waals surface area contributed by atoms with Crippen LogP contribution >= 0.6 is 0 Å². The summed E-state index contributed by atoms with van der Waals surface area (Å²) in [4.78, 5) is 38.4. The molecule has 2 N–H and O–H groups in total. The second-order valence-corrected chi connectivity index (χ2v) is 8.81. The molecular weight excluding hydrogens is 402 g/mol. The minimum absolute atomic E-state index is 0.0952. The van der Waals surface area contributed by atoms with Gasteiger partial charge in [0.15, 0.2) is 0 Å². The van der Waals surface area contributed by atoms with Crippen molar-refractivity contribution in [2.75, 3.05) is 13.2 Å². The van der Waals surface area contributed by atoms with Crippen LogP contribution in [0.4, 0.5) is 14.4 Å². The first-order valence-corrected chi connectivity index (χ1v) is 10.6. The lowest BCUT2D eigenvalue weighted by Crippen LogP contribution is -2.54. The number of ether oxygens (including phenoxy) is 3. The van der Waals surface area contributed by atoms with Crippen LogP contribution in [-0.2, 0) is 20.8 Å². The summed E-state index contributed by atoms with van der Waals surface area (Å²) >= 11 is 0. The lowest BCUT2D eigenvalue weighted by Gasteiger charge is -2.38. The number of alkyl carbamates (subject to hydrolysis) is 2. The highest BCUT2D eigenvalue weighted by atomic mass is 16.6. The Labute approximate surface area is 182 Å². The van der Waals surface area contributed by atoms with E-state index in [1.54, 1.807) is 25.7 Å². The topological polar surface area (TPSA) is 106 Å². The number of carbonyl (C=O) groups is 3. The number of nitrogens with zero attached hydrogens (tertiary/aromatic N) is 1. The molecule has 1 heterocycles. The average Bonchev–Trinajstić information content (AvgIpc) is 3.13. The third kappa shape index (κ3) is 6.77. The Morgan fingerprint density at radius 1 is 1.16 bits per heavy atom. The van der Waals surface area contributed by atoms with Gasteiger partial charge in [0.05, 0.1) is 12.6 Å². The van der Waals surface area contributed by atoms with Crippen molar-refractivity contribution in [3.63, 3.8) is 0 Å². The van der Waals surface area contributed by atoms with Crippen LogP contribution < -0.4 is 10.6 Å². The highest BCUT2D eigenvalue weighted by Crippen LogP contribution is 2.28. The van der Waals surface area contributed by atoms with E-state index in [0.29, 0.717) is 39.0 Å². The molecule has 2 fully saturated rings. The molecule has 170 valence electrons. The van der Waals surface area contributed by atoms with Crippen molar-refractivity contribution in [2.24, 2.45) is 0 Å². The summed E-state index contributed by atoms with van der Waals surface area (Å²) in [7, 11) is 0. The van der Waals surface area contributed by atoms with Gasteiger partial charge in [0.1, 0.15) is 18.3 Å². The van der Waals surface area contributed by atoms with Crippen LogP contribution in [0.3, 0.4) is 0 Å². The Kier molecular flexibility index (Phi) is 7.25. The van der Waals surface area contributed by atoms with Gasteiger partial charge in [-0.3, -0.25) is 0 Å². The predicted molar refractivity (Wildman–Crippen MR) is 112 cm³/mol. The van der Waals surface area contributed by atoms with Crippen LogP contribution in [0.1, 0.15) is 45.6 Å². The number of cyclic esters (lactones) is 1. The minimum Gasteiger partial charge on any atom is -0.448 e. The van der Waals surface area contributed by atoms with Crippen molar-refractivity contribution in [1.29, 1.82) is 0 Å². The molecule has 1 aromatic carbocycles. The van der Waals surface area contributed by atoms with Crippen LogP contribution in [0.2, 0.25) is 0 Å². The molecule has 9 nitrogen and oxygen atoms in total. The molecule has 31 heavy (non-hydrogen) atoms. The van der Waals surface area contributed by atoms with E-state index in [-0.39, 0.29) is 12.1 Å². The highest BCUT2D eigenvalue weighted by Gasteiger charge is 2.40. The van der Waals surface area contributed by atoms with E-state index >= 15 is 0 Å². The van der Waals surface area contributed by atoms with E-state index in [9.17, 15) is 14.4 Å². The van der Waals surface area contributed by atoms with Gasteiger partial charge in [-0.1, -0.05) is 30.3 Å². The second-order valence-electron chi connectivity index (χ2n) is 8.81. The fourth-order valence-corrected chi connectivity index (χ4v) is 3.84. The van der Waals surface area contributed by atoms with Crippen LogP contribution in [0.25, 0.3) is 0 Å². The van der Waals surface area contributed by atoms with Crippen molar-refractivity contribution in [3.05, 3.63) is 35.9 Å². The Morgan fingerprint density at radius 3 is 2.55 bits per heavy atom. The first-order chi connectivity index (χ1) is 14.7. The normalized spacial score (nSPS) is 23.6. The zero-order valence-corrected chi connectivity index (χ0v) is 18.3. The number of hydrogen-bond donors (Lipinski definition) is 2. The average molecular weight is 434 g/mol. The number of rotatable bonds is 5. The third-order valence-electron chi connectivity index (χ3n) is 5.23. The smallest absolute Gasteiger partial charge is 0.410 e. The molecule has 1 aromatic rings. The second kappa shape index (κ2) is 9.89. The number of nitrogens with one attached hydrogen (secondary N) is 2. The minimum atomic E-state index is -0.652. The van der Waals surface area contributed by atoms with Crippen LogP contribution in [0.15, 0.2) is 30.3 Å². The zero-order valence-electron chi connectivity index (χ0n) is 18.3. The van der Waals surface area contributed by atoms with Crippen LogP contribution in [0.5, 0.6) is 0 Å². The van der Waals surface area contributed by atoms with Crippen molar-refractivity contribution in [3.8, 4) is 0 Å².